The maximum atomic E-state index is 5.38. The smallest absolute Gasteiger partial charge is 0.142 e. The van der Waals surface area contributed by atoms with Crippen LogP contribution < -0.4 is 16.2 Å². The fourth-order valence-corrected chi connectivity index (χ4v) is 3.01. The van der Waals surface area contributed by atoms with Gasteiger partial charge in [0.05, 0.1) is 0 Å². The van der Waals surface area contributed by atoms with Crippen LogP contribution in [-0.2, 0) is 13.0 Å². The number of nitrogen functional groups attached to an aromatic ring is 1. The Morgan fingerprint density at radius 3 is 3.18 bits per heavy atom. The largest absolute Gasteiger partial charge is 0.352 e. The topological polar surface area (TPSA) is 54.2 Å². The van der Waals surface area contributed by atoms with Crippen LogP contribution in [0.25, 0.3) is 0 Å². The highest BCUT2D eigenvalue weighted by atomic mass is 32.1. The highest BCUT2D eigenvalue weighted by molar-refractivity contribution is 7.10. The molecule has 3 heterocycles. The predicted octanol–water partition coefficient (Wildman–Crippen LogP) is 1.99. The number of nitrogens with two attached hydrogens (primary N) is 1. The summed E-state index contributed by atoms with van der Waals surface area (Å²) in [4.78, 5) is 8.26. The predicted molar refractivity (Wildman–Crippen MR) is 71.1 cm³/mol. The Morgan fingerprint density at radius 1 is 1.35 bits per heavy atom. The number of rotatable bonds is 2. The normalized spacial score (nSPS) is 14.5. The van der Waals surface area contributed by atoms with Crippen molar-refractivity contribution in [2.24, 2.45) is 5.84 Å². The summed E-state index contributed by atoms with van der Waals surface area (Å²) in [5, 5.41) is 2.17. The Morgan fingerprint density at radius 2 is 2.29 bits per heavy atom. The molecular formula is C12H14N4S. The third kappa shape index (κ3) is 1.99. The number of pyridine rings is 1. The highest BCUT2D eigenvalue weighted by Crippen LogP contribution is 2.27. The molecule has 0 fully saturated rings. The molecule has 0 radical (unpaired) electrons. The number of hydrogen-bond acceptors (Lipinski definition) is 5. The Balaban J connectivity index is 1.86. The van der Waals surface area contributed by atoms with E-state index in [2.05, 4.69) is 26.8 Å². The van der Waals surface area contributed by atoms with Gasteiger partial charge in [-0.1, -0.05) is 6.07 Å². The van der Waals surface area contributed by atoms with Crippen LogP contribution in [0.1, 0.15) is 10.4 Å². The standard InChI is InChI=1S/C12H14N4S/c13-15-11-2-1-3-12(14-11)16-6-4-10-9(8-16)5-7-17-10/h1-3,5,7H,4,6,8,13H2,(H,14,15). The van der Waals surface area contributed by atoms with Gasteiger partial charge in [0, 0.05) is 18.0 Å². The lowest BCUT2D eigenvalue weighted by Crippen LogP contribution is -2.30. The number of nitrogens with zero attached hydrogens (tertiary/aromatic N) is 2. The van der Waals surface area contributed by atoms with Crippen LogP contribution in [0.4, 0.5) is 11.6 Å². The molecule has 1 aliphatic heterocycles. The fraction of sp³-hybridized carbons (Fsp3) is 0.250. The van der Waals surface area contributed by atoms with E-state index in [0.29, 0.717) is 5.82 Å². The Hall–Kier alpha value is -1.59. The minimum absolute atomic E-state index is 0.707. The molecule has 0 aromatic carbocycles. The summed E-state index contributed by atoms with van der Waals surface area (Å²) in [5.41, 5.74) is 4.01. The minimum Gasteiger partial charge on any atom is -0.352 e. The van der Waals surface area contributed by atoms with Crippen molar-refractivity contribution < 1.29 is 0 Å². The number of thiophene rings is 1. The van der Waals surface area contributed by atoms with Gasteiger partial charge < -0.3 is 10.3 Å². The van der Waals surface area contributed by atoms with Crippen LogP contribution in [-0.4, -0.2) is 11.5 Å². The van der Waals surface area contributed by atoms with E-state index >= 15 is 0 Å². The van der Waals surface area contributed by atoms with Gasteiger partial charge in [-0.2, -0.15) is 0 Å². The van der Waals surface area contributed by atoms with Crippen molar-refractivity contribution in [2.45, 2.75) is 13.0 Å². The van der Waals surface area contributed by atoms with Gasteiger partial charge in [-0.3, -0.25) is 0 Å². The molecule has 0 atom stereocenters. The van der Waals surface area contributed by atoms with Crippen LogP contribution in [0.3, 0.4) is 0 Å². The molecule has 0 bridgehead atoms. The second-order valence-electron chi connectivity index (χ2n) is 4.07. The molecule has 4 nitrogen and oxygen atoms in total. The lowest BCUT2D eigenvalue weighted by Gasteiger charge is -2.28. The average molecular weight is 246 g/mol. The summed E-state index contributed by atoms with van der Waals surface area (Å²) in [7, 11) is 0. The third-order valence-corrected chi connectivity index (χ3v) is 4.04. The quantitative estimate of drug-likeness (QED) is 0.628. The van der Waals surface area contributed by atoms with E-state index in [1.165, 1.54) is 10.4 Å². The summed E-state index contributed by atoms with van der Waals surface area (Å²) in [5.74, 6) is 7.07. The van der Waals surface area contributed by atoms with Crippen LogP contribution in [0, 0.1) is 0 Å². The number of fused-ring (bicyclic) bond motifs is 1. The first-order chi connectivity index (χ1) is 8.36. The van der Waals surface area contributed by atoms with E-state index in [4.69, 9.17) is 5.84 Å². The van der Waals surface area contributed by atoms with E-state index in [0.717, 1.165) is 25.3 Å². The minimum atomic E-state index is 0.707. The van der Waals surface area contributed by atoms with Crippen molar-refractivity contribution in [1.29, 1.82) is 0 Å². The van der Waals surface area contributed by atoms with Crippen molar-refractivity contribution >= 4 is 23.0 Å². The van der Waals surface area contributed by atoms with E-state index in [1.807, 2.05) is 29.5 Å². The molecule has 0 saturated carbocycles. The first kappa shape index (κ1) is 10.6. The van der Waals surface area contributed by atoms with Gasteiger partial charge >= 0.3 is 0 Å². The zero-order valence-electron chi connectivity index (χ0n) is 9.39. The molecule has 3 N–H and O–H groups in total. The lowest BCUT2D eigenvalue weighted by molar-refractivity contribution is 0.732. The molecule has 0 unspecified atom stereocenters. The summed E-state index contributed by atoms with van der Waals surface area (Å²) in [6.45, 7) is 1.97. The number of aromatic nitrogens is 1. The SMILES string of the molecule is NNc1cccc(N2CCc3sccc3C2)n1. The summed E-state index contributed by atoms with van der Waals surface area (Å²) >= 11 is 1.85. The molecule has 0 amide bonds. The van der Waals surface area contributed by atoms with Gasteiger partial charge in [0.1, 0.15) is 11.6 Å². The molecule has 3 rings (SSSR count). The van der Waals surface area contributed by atoms with Crippen LogP contribution in [0.15, 0.2) is 29.6 Å². The Labute approximate surface area is 104 Å². The van der Waals surface area contributed by atoms with E-state index in [-0.39, 0.29) is 0 Å². The van der Waals surface area contributed by atoms with Gasteiger partial charge in [0.25, 0.3) is 0 Å². The number of nitrogens with one attached hydrogen (secondary N) is 1. The van der Waals surface area contributed by atoms with Gasteiger partial charge in [0.2, 0.25) is 0 Å². The van der Waals surface area contributed by atoms with E-state index in [1.54, 1.807) is 0 Å². The van der Waals surface area contributed by atoms with Crippen molar-refractivity contribution in [2.75, 3.05) is 16.9 Å². The van der Waals surface area contributed by atoms with Crippen molar-refractivity contribution in [3.63, 3.8) is 0 Å². The Kier molecular flexibility index (Phi) is 2.70. The van der Waals surface area contributed by atoms with Crippen molar-refractivity contribution in [1.82, 2.24) is 4.98 Å². The number of anilines is 2. The molecule has 0 spiro atoms. The first-order valence-corrected chi connectivity index (χ1v) is 6.48. The molecule has 88 valence electrons. The fourth-order valence-electron chi connectivity index (χ4n) is 2.12. The van der Waals surface area contributed by atoms with Gasteiger partial charge in [-0.25, -0.2) is 10.8 Å². The monoisotopic (exact) mass is 246 g/mol. The molecule has 5 heteroatoms. The van der Waals surface area contributed by atoms with Crippen LogP contribution in [0.2, 0.25) is 0 Å². The van der Waals surface area contributed by atoms with E-state index in [9.17, 15) is 0 Å². The van der Waals surface area contributed by atoms with Crippen LogP contribution >= 0.6 is 11.3 Å². The van der Waals surface area contributed by atoms with E-state index < -0.39 is 0 Å². The second-order valence-corrected chi connectivity index (χ2v) is 5.07. The molecule has 0 aliphatic carbocycles. The Bertz CT molecular complexity index is 523. The van der Waals surface area contributed by atoms with Crippen molar-refractivity contribution in [3.05, 3.63) is 40.1 Å². The number of hydrogen-bond donors (Lipinski definition) is 2. The summed E-state index contributed by atoms with van der Waals surface area (Å²) in [6.07, 6.45) is 1.11. The average Bonchev–Trinajstić information content (AvgIpc) is 2.86. The lowest BCUT2D eigenvalue weighted by atomic mass is 10.1. The zero-order valence-corrected chi connectivity index (χ0v) is 10.2. The molecular weight excluding hydrogens is 232 g/mol. The molecule has 1 aliphatic rings. The molecule has 0 saturated heterocycles. The van der Waals surface area contributed by atoms with Gasteiger partial charge in [-0.05, 0) is 35.6 Å². The first-order valence-electron chi connectivity index (χ1n) is 5.60. The van der Waals surface area contributed by atoms with Crippen molar-refractivity contribution in [3.8, 4) is 0 Å². The van der Waals surface area contributed by atoms with Gasteiger partial charge in [-0.15, -0.1) is 11.3 Å². The maximum absolute atomic E-state index is 5.38. The third-order valence-electron chi connectivity index (χ3n) is 3.01. The summed E-state index contributed by atoms with van der Waals surface area (Å²) in [6, 6.07) is 8.07. The number of hydrazine groups is 1. The zero-order chi connectivity index (χ0) is 11.7. The molecule has 2 aromatic rings. The van der Waals surface area contributed by atoms with Crippen LogP contribution in [0.5, 0.6) is 0 Å². The van der Waals surface area contributed by atoms with Gasteiger partial charge in [0.15, 0.2) is 0 Å². The highest BCUT2D eigenvalue weighted by Gasteiger charge is 2.18. The molecule has 2 aromatic heterocycles. The maximum Gasteiger partial charge on any atom is 0.142 e. The second kappa shape index (κ2) is 4.35. The summed E-state index contributed by atoms with van der Waals surface area (Å²) < 4.78 is 0. The molecule has 17 heavy (non-hydrogen) atoms.